The maximum atomic E-state index is 11.0. The number of carbonyl (C=O) groups excluding carboxylic acids is 1. The van der Waals surface area contributed by atoms with E-state index >= 15 is 0 Å². The Bertz CT molecular complexity index is 797. The highest BCUT2D eigenvalue weighted by molar-refractivity contribution is 5.74. The first-order valence-electron chi connectivity index (χ1n) is 12.4. The summed E-state index contributed by atoms with van der Waals surface area (Å²) in [6, 6.07) is 16.5. The topological polar surface area (TPSA) is 41.6 Å². The van der Waals surface area contributed by atoms with Crippen LogP contribution in [-0.4, -0.2) is 37.4 Å². The Labute approximate surface area is 194 Å². The van der Waals surface area contributed by atoms with Gasteiger partial charge in [0.2, 0.25) is 0 Å². The number of ether oxygens (including phenoxy) is 1. The number of nitrogens with one attached hydrogen (secondary N) is 1. The van der Waals surface area contributed by atoms with Crippen LogP contribution in [0.15, 0.2) is 48.5 Å². The molecule has 1 aliphatic heterocycles. The molecule has 1 N–H and O–H groups in total. The van der Waals surface area contributed by atoms with Crippen LogP contribution < -0.4 is 10.1 Å². The molecule has 1 atom stereocenters. The highest BCUT2D eigenvalue weighted by atomic mass is 16.5. The van der Waals surface area contributed by atoms with Crippen LogP contribution in [0.25, 0.3) is 0 Å². The van der Waals surface area contributed by atoms with Gasteiger partial charge in [-0.15, -0.1) is 0 Å². The van der Waals surface area contributed by atoms with Crippen molar-refractivity contribution in [1.82, 2.24) is 10.2 Å². The van der Waals surface area contributed by atoms with Gasteiger partial charge < -0.3 is 10.1 Å². The smallest absolute Gasteiger partial charge is 0.150 e. The van der Waals surface area contributed by atoms with Gasteiger partial charge in [0.25, 0.3) is 0 Å². The molecule has 0 aliphatic carbocycles. The molecule has 0 saturated carbocycles. The quantitative estimate of drug-likeness (QED) is 0.323. The number of aldehydes is 1. The average molecular weight is 437 g/mol. The molecule has 174 valence electrons. The van der Waals surface area contributed by atoms with Gasteiger partial charge in [-0.05, 0) is 86.5 Å². The molecule has 1 aliphatic rings. The van der Waals surface area contributed by atoms with E-state index in [0.717, 1.165) is 75.2 Å². The number of carbonyl (C=O) groups is 1. The zero-order valence-corrected chi connectivity index (χ0v) is 19.9. The number of hydrogen-bond donors (Lipinski definition) is 1. The maximum absolute atomic E-state index is 11.0. The summed E-state index contributed by atoms with van der Waals surface area (Å²) in [5, 5.41) is 3.64. The predicted octanol–water partition coefficient (Wildman–Crippen LogP) is 5.71. The first-order chi connectivity index (χ1) is 15.7. The number of piperidine rings is 1. The maximum Gasteiger partial charge on any atom is 0.150 e. The van der Waals surface area contributed by atoms with Crippen LogP contribution in [0, 0.1) is 11.8 Å². The van der Waals surface area contributed by atoms with Gasteiger partial charge in [-0.1, -0.05) is 50.6 Å². The monoisotopic (exact) mass is 436 g/mol. The lowest BCUT2D eigenvalue weighted by molar-refractivity contribution is 0.112. The van der Waals surface area contributed by atoms with Crippen molar-refractivity contribution in [3.8, 4) is 5.75 Å². The summed E-state index contributed by atoms with van der Waals surface area (Å²) >= 11 is 0. The summed E-state index contributed by atoms with van der Waals surface area (Å²) in [4.78, 5) is 13.6. The van der Waals surface area contributed by atoms with Gasteiger partial charge >= 0.3 is 0 Å². The molecule has 4 nitrogen and oxygen atoms in total. The van der Waals surface area contributed by atoms with E-state index in [1.165, 1.54) is 36.8 Å². The fourth-order valence-corrected chi connectivity index (χ4v) is 4.82. The number of likely N-dealkylation sites (tertiary alicyclic amines) is 1. The lowest BCUT2D eigenvalue weighted by Crippen LogP contribution is -2.36. The summed E-state index contributed by atoms with van der Waals surface area (Å²) in [6.07, 6.45) is 7.05. The minimum atomic E-state index is 0.775. The largest absolute Gasteiger partial charge is 0.494 e. The fraction of sp³-hybridized carbons (Fsp3) is 0.536. The van der Waals surface area contributed by atoms with Crippen LogP contribution in [0.2, 0.25) is 0 Å². The standard InChI is InChI=1S/C28H40N2O2/c1-3-18-32-28-10-8-23(9-11-28)20-29-15-12-26(4-2)27-13-16-30(17-14-27)21-24-6-5-7-25(19-24)22-31/h5-11,19,22,26-27,29H,3-4,12-18,20-21H2,1-2H3. The van der Waals surface area contributed by atoms with Crippen LogP contribution in [0.3, 0.4) is 0 Å². The first kappa shape index (κ1) is 24.5. The minimum Gasteiger partial charge on any atom is -0.494 e. The Balaban J connectivity index is 1.35. The van der Waals surface area contributed by atoms with Crippen LogP contribution in [0.5, 0.6) is 5.75 Å². The molecule has 1 unspecified atom stereocenters. The number of rotatable bonds is 13. The average Bonchev–Trinajstić information content (AvgIpc) is 2.84. The van der Waals surface area contributed by atoms with Gasteiger partial charge in [0, 0.05) is 18.7 Å². The third kappa shape index (κ3) is 7.75. The normalized spacial score (nSPS) is 16.1. The Hall–Kier alpha value is -2.17. The van der Waals surface area contributed by atoms with Crippen molar-refractivity contribution in [2.75, 3.05) is 26.2 Å². The predicted molar refractivity (Wildman–Crippen MR) is 132 cm³/mol. The SMILES string of the molecule is CCCOc1ccc(CNCCC(CC)C2CCN(Cc3cccc(C=O)c3)CC2)cc1. The molecule has 1 heterocycles. The van der Waals surface area contributed by atoms with Crippen molar-refractivity contribution in [3.63, 3.8) is 0 Å². The van der Waals surface area contributed by atoms with E-state index in [2.05, 4.69) is 54.4 Å². The third-order valence-electron chi connectivity index (χ3n) is 6.73. The second-order valence-electron chi connectivity index (χ2n) is 9.10. The van der Waals surface area contributed by atoms with Crippen molar-refractivity contribution in [2.24, 2.45) is 11.8 Å². The van der Waals surface area contributed by atoms with E-state index in [-0.39, 0.29) is 0 Å². The van der Waals surface area contributed by atoms with Crippen molar-refractivity contribution >= 4 is 6.29 Å². The molecule has 3 rings (SSSR count). The molecular formula is C28H40N2O2. The van der Waals surface area contributed by atoms with E-state index < -0.39 is 0 Å². The molecule has 0 aromatic heterocycles. The number of hydrogen-bond acceptors (Lipinski definition) is 4. The summed E-state index contributed by atoms with van der Waals surface area (Å²) in [6.45, 7) is 10.5. The summed E-state index contributed by atoms with van der Waals surface area (Å²) < 4.78 is 5.66. The van der Waals surface area contributed by atoms with Crippen LogP contribution in [-0.2, 0) is 13.1 Å². The van der Waals surface area contributed by atoms with Crippen molar-refractivity contribution in [2.45, 2.75) is 59.0 Å². The second-order valence-corrected chi connectivity index (χ2v) is 9.10. The molecule has 0 radical (unpaired) electrons. The third-order valence-corrected chi connectivity index (χ3v) is 6.73. The Kier molecular flexibility index (Phi) is 10.2. The van der Waals surface area contributed by atoms with Crippen LogP contribution >= 0.6 is 0 Å². The fourth-order valence-electron chi connectivity index (χ4n) is 4.82. The van der Waals surface area contributed by atoms with Crippen LogP contribution in [0.4, 0.5) is 0 Å². The highest BCUT2D eigenvalue weighted by Crippen LogP contribution is 2.30. The Morgan fingerprint density at radius 3 is 2.56 bits per heavy atom. The van der Waals surface area contributed by atoms with Gasteiger partial charge in [-0.3, -0.25) is 9.69 Å². The Morgan fingerprint density at radius 1 is 1.09 bits per heavy atom. The summed E-state index contributed by atoms with van der Waals surface area (Å²) in [7, 11) is 0. The van der Waals surface area contributed by atoms with E-state index in [1.807, 2.05) is 18.2 Å². The molecule has 4 heteroatoms. The van der Waals surface area contributed by atoms with E-state index in [1.54, 1.807) is 0 Å². The number of benzene rings is 2. The van der Waals surface area contributed by atoms with E-state index in [0.29, 0.717) is 0 Å². The lowest BCUT2D eigenvalue weighted by atomic mass is 9.80. The van der Waals surface area contributed by atoms with Gasteiger partial charge in [-0.25, -0.2) is 0 Å². The molecule has 0 spiro atoms. The van der Waals surface area contributed by atoms with Gasteiger partial charge in [-0.2, -0.15) is 0 Å². The molecule has 1 fully saturated rings. The van der Waals surface area contributed by atoms with E-state index in [4.69, 9.17) is 4.74 Å². The number of nitrogens with zero attached hydrogens (tertiary/aromatic N) is 1. The zero-order valence-electron chi connectivity index (χ0n) is 19.9. The molecule has 0 amide bonds. The molecule has 32 heavy (non-hydrogen) atoms. The van der Waals surface area contributed by atoms with Crippen molar-refractivity contribution in [1.29, 1.82) is 0 Å². The van der Waals surface area contributed by atoms with E-state index in [9.17, 15) is 4.79 Å². The Morgan fingerprint density at radius 2 is 1.88 bits per heavy atom. The van der Waals surface area contributed by atoms with Gasteiger partial charge in [0.1, 0.15) is 12.0 Å². The summed E-state index contributed by atoms with van der Waals surface area (Å²) in [5.41, 5.74) is 3.33. The molecule has 2 aromatic rings. The van der Waals surface area contributed by atoms with Crippen LogP contribution in [0.1, 0.15) is 67.4 Å². The minimum absolute atomic E-state index is 0.775. The molecular weight excluding hydrogens is 396 g/mol. The molecule has 0 bridgehead atoms. The van der Waals surface area contributed by atoms with Gasteiger partial charge in [0.05, 0.1) is 6.61 Å². The molecule has 1 saturated heterocycles. The first-order valence-corrected chi connectivity index (χ1v) is 12.4. The molecule has 2 aromatic carbocycles. The van der Waals surface area contributed by atoms with Crippen molar-refractivity contribution < 1.29 is 9.53 Å². The summed E-state index contributed by atoms with van der Waals surface area (Å²) in [5.74, 6) is 2.59. The second kappa shape index (κ2) is 13.4. The zero-order chi connectivity index (χ0) is 22.6. The van der Waals surface area contributed by atoms with Gasteiger partial charge in [0.15, 0.2) is 0 Å². The lowest BCUT2D eigenvalue weighted by Gasteiger charge is -2.36. The highest BCUT2D eigenvalue weighted by Gasteiger charge is 2.25. The van der Waals surface area contributed by atoms with Crippen molar-refractivity contribution in [3.05, 3.63) is 65.2 Å².